The van der Waals surface area contributed by atoms with Crippen LogP contribution in [0.2, 0.25) is 0 Å². The van der Waals surface area contributed by atoms with E-state index in [-0.39, 0.29) is 10.6 Å². The summed E-state index contributed by atoms with van der Waals surface area (Å²) in [6, 6.07) is 14.4. The van der Waals surface area contributed by atoms with Gasteiger partial charge in [-0.25, -0.2) is 4.83 Å². The van der Waals surface area contributed by atoms with Gasteiger partial charge in [-0.2, -0.15) is 13.5 Å². The summed E-state index contributed by atoms with van der Waals surface area (Å²) >= 11 is 0. The standard InChI is InChI=1S/C15H15N3O4S/c19-18(20)14-8-10-15(11-9-14)23(21,22)17-16-12-4-7-13-5-2-1-3-6-13/h1-3,5-6,8-12,17H,4,7H2. The number of benzene rings is 2. The van der Waals surface area contributed by atoms with Crippen molar-refractivity contribution in [1.29, 1.82) is 0 Å². The smallest absolute Gasteiger partial charge is 0.258 e. The lowest BCUT2D eigenvalue weighted by molar-refractivity contribution is -0.384. The molecule has 0 aliphatic heterocycles. The van der Waals surface area contributed by atoms with Crippen molar-refractivity contribution >= 4 is 21.9 Å². The number of nitro groups is 1. The maximum atomic E-state index is 12.0. The van der Waals surface area contributed by atoms with E-state index in [0.29, 0.717) is 6.42 Å². The molecule has 0 aromatic heterocycles. The number of hydrogen-bond donors (Lipinski definition) is 1. The molecule has 0 saturated carbocycles. The highest BCUT2D eigenvalue weighted by molar-refractivity contribution is 7.89. The van der Waals surface area contributed by atoms with Crippen LogP contribution < -0.4 is 4.83 Å². The Morgan fingerprint density at radius 3 is 2.35 bits per heavy atom. The third kappa shape index (κ3) is 4.89. The van der Waals surface area contributed by atoms with Crippen LogP contribution in [0.4, 0.5) is 5.69 Å². The van der Waals surface area contributed by atoms with Gasteiger partial charge in [0.05, 0.1) is 9.82 Å². The molecule has 2 aromatic rings. The fourth-order valence-corrected chi connectivity index (χ4v) is 2.66. The molecule has 0 spiro atoms. The Balaban J connectivity index is 1.90. The molecule has 0 amide bonds. The molecule has 23 heavy (non-hydrogen) atoms. The Morgan fingerprint density at radius 2 is 1.74 bits per heavy atom. The normalized spacial score (nSPS) is 11.5. The fraction of sp³-hybridized carbons (Fsp3) is 0.133. The lowest BCUT2D eigenvalue weighted by Gasteiger charge is -2.02. The molecule has 1 N–H and O–H groups in total. The van der Waals surface area contributed by atoms with Gasteiger partial charge in [-0.3, -0.25) is 10.1 Å². The second-order valence-electron chi connectivity index (χ2n) is 4.68. The predicted octanol–water partition coefficient (Wildman–Crippen LogP) is 2.49. The van der Waals surface area contributed by atoms with Crippen LogP contribution in [0, 0.1) is 10.1 Å². The minimum absolute atomic E-state index is 0.0803. The molecule has 2 aromatic carbocycles. The van der Waals surface area contributed by atoms with Crippen LogP contribution >= 0.6 is 0 Å². The Kier molecular flexibility index (Phi) is 5.42. The third-order valence-corrected chi connectivity index (χ3v) is 4.27. The van der Waals surface area contributed by atoms with E-state index in [1.165, 1.54) is 18.3 Å². The van der Waals surface area contributed by atoms with Gasteiger partial charge in [-0.15, -0.1) is 0 Å². The van der Waals surface area contributed by atoms with E-state index < -0.39 is 14.9 Å². The predicted molar refractivity (Wildman–Crippen MR) is 86.7 cm³/mol. The maximum absolute atomic E-state index is 12.0. The first-order valence-electron chi connectivity index (χ1n) is 6.81. The van der Waals surface area contributed by atoms with Gasteiger partial charge in [0.15, 0.2) is 0 Å². The summed E-state index contributed by atoms with van der Waals surface area (Å²) in [5, 5.41) is 14.2. The summed E-state index contributed by atoms with van der Waals surface area (Å²) in [4.78, 5) is 11.9. The molecule has 0 fully saturated rings. The summed E-state index contributed by atoms with van der Waals surface area (Å²) in [6.45, 7) is 0. The topological polar surface area (TPSA) is 102 Å². The lowest BCUT2D eigenvalue weighted by Crippen LogP contribution is -2.18. The van der Waals surface area contributed by atoms with Gasteiger partial charge >= 0.3 is 0 Å². The minimum atomic E-state index is -3.82. The summed E-state index contributed by atoms with van der Waals surface area (Å²) in [7, 11) is -3.82. The largest absolute Gasteiger partial charge is 0.276 e. The number of hydrazone groups is 1. The van der Waals surface area contributed by atoms with Gasteiger partial charge in [0.1, 0.15) is 0 Å². The van der Waals surface area contributed by atoms with Gasteiger partial charge in [0.25, 0.3) is 15.7 Å². The van der Waals surface area contributed by atoms with Crippen LogP contribution in [0.15, 0.2) is 64.6 Å². The highest BCUT2D eigenvalue weighted by atomic mass is 32.2. The van der Waals surface area contributed by atoms with Gasteiger partial charge in [-0.05, 0) is 30.5 Å². The highest BCUT2D eigenvalue weighted by Gasteiger charge is 2.14. The van der Waals surface area contributed by atoms with Crippen LogP contribution in [0.25, 0.3) is 0 Å². The van der Waals surface area contributed by atoms with Crippen LogP contribution in [0.5, 0.6) is 0 Å². The summed E-state index contributed by atoms with van der Waals surface area (Å²) in [6.07, 6.45) is 2.83. The molecule has 0 aliphatic carbocycles. The van der Waals surface area contributed by atoms with E-state index >= 15 is 0 Å². The number of hydrogen-bond acceptors (Lipinski definition) is 5. The van der Waals surface area contributed by atoms with E-state index in [4.69, 9.17) is 0 Å². The van der Waals surface area contributed by atoms with Crippen molar-refractivity contribution in [3.8, 4) is 0 Å². The zero-order valence-corrected chi connectivity index (χ0v) is 12.9. The third-order valence-electron chi connectivity index (χ3n) is 3.03. The Hall–Kier alpha value is -2.74. The molecular formula is C15H15N3O4S. The van der Waals surface area contributed by atoms with Crippen molar-refractivity contribution in [2.45, 2.75) is 17.7 Å². The Bertz CT molecular complexity index is 787. The molecule has 2 rings (SSSR count). The number of nitro benzene ring substituents is 1. The van der Waals surface area contributed by atoms with E-state index in [2.05, 4.69) is 9.93 Å². The first-order chi connectivity index (χ1) is 11.0. The molecule has 0 atom stereocenters. The second kappa shape index (κ2) is 7.50. The van der Waals surface area contributed by atoms with Crippen molar-refractivity contribution in [1.82, 2.24) is 4.83 Å². The van der Waals surface area contributed by atoms with Crippen molar-refractivity contribution < 1.29 is 13.3 Å². The molecule has 120 valence electrons. The summed E-state index contributed by atoms with van der Waals surface area (Å²) in [5.74, 6) is 0. The molecule has 0 saturated heterocycles. The van der Waals surface area contributed by atoms with Crippen molar-refractivity contribution in [2.24, 2.45) is 5.10 Å². The van der Waals surface area contributed by atoms with Crippen molar-refractivity contribution in [2.75, 3.05) is 0 Å². The monoisotopic (exact) mass is 333 g/mol. The summed E-state index contributed by atoms with van der Waals surface area (Å²) in [5.41, 5.74) is 0.965. The lowest BCUT2D eigenvalue weighted by atomic mass is 10.1. The zero-order valence-electron chi connectivity index (χ0n) is 12.1. The fourth-order valence-electron chi connectivity index (χ4n) is 1.85. The average Bonchev–Trinajstić information content (AvgIpc) is 2.55. The van der Waals surface area contributed by atoms with E-state index in [9.17, 15) is 18.5 Å². The van der Waals surface area contributed by atoms with E-state index in [1.807, 2.05) is 30.3 Å². The molecule has 0 bridgehead atoms. The molecule has 8 heteroatoms. The molecule has 0 aliphatic rings. The SMILES string of the molecule is O=[N+]([O-])c1ccc(S(=O)(=O)NN=CCCc2ccccc2)cc1. The molecule has 0 heterocycles. The van der Waals surface area contributed by atoms with Gasteiger partial charge in [0, 0.05) is 18.3 Å². The highest BCUT2D eigenvalue weighted by Crippen LogP contribution is 2.15. The Labute approximate surface area is 133 Å². The molecule has 0 radical (unpaired) electrons. The molecule has 0 unspecified atom stereocenters. The maximum Gasteiger partial charge on any atom is 0.276 e. The van der Waals surface area contributed by atoms with Crippen molar-refractivity contribution in [3.05, 3.63) is 70.3 Å². The van der Waals surface area contributed by atoms with Crippen LogP contribution in [0.3, 0.4) is 0 Å². The second-order valence-corrected chi connectivity index (χ2v) is 6.34. The summed E-state index contributed by atoms with van der Waals surface area (Å²) < 4.78 is 23.9. The van der Waals surface area contributed by atoms with E-state index in [1.54, 1.807) is 0 Å². The Morgan fingerprint density at radius 1 is 1.09 bits per heavy atom. The number of non-ortho nitro benzene ring substituents is 1. The average molecular weight is 333 g/mol. The zero-order chi connectivity index (χ0) is 16.7. The number of nitrogens with zero attached hydrogens (tertiary/aromatic N) is 2. The van der Waals surface area contributed by atoms with Gasteiger partial charge < -0.3 is 0 Å². The number of aryl methyl sites for hydroxylation is 1. The van der Waals surface area contributed by atoms with E-state index in [0.717, 1.165) is 24.1 Å². The number of nitrogens with one attached hydrogen (secondary N) is 1. The van der Waals surface area contributed by atoms with Crippen molar-refractivity contribution in [3.63, 3.8) is 0 Å². The number of rotatable bonds is 7. The minimum Gasteiger partial charge on any atom is -0.258 e. The van der Waals surface area contributed by atoms with Gasteiger partial charge in [-0.1, -0.05) is 30.3 Å². The first kappa shape index (κ1) is 16.6. The van der Waals surface area contributed by atoms with Crippen LogP contribution in [0.1, 0.15) is 12.0 Å². The molecular weight excluding hydrogens is 318 g/mol. The molecule has 7 nitrogen and oxygen atoms in total. The number of sulfonamides is 1. The van der Waals surface area contributed by atoms with Gasteiger partial charge in [0.2, 0.25) is 0 Å². The quantitative estimate of drug-likeness (QED) is 0.478. The first-order valence-corrected chi connectivity index (χ1v) is 8.29. The van der Waals surface area contributed by atoms with Crippen LogP contribution in [-0.2, 0) is 16.4 Å². The van der Waals surface area contributed by atoms with Crippen LogP contribution in [-0.4, -0.2) is 19.6 Å².